The van der Waals surface area contributed by atoms with Crippen LogP contribution in [0.4, 0.5) is 11.8 Å². The molecule has 1 aliphatic heterocycles. The number of hydrogen-bond donors (Lipinski definition) is 6. The predicted octanol–water partition coefficient (Wildman–Crippen LogP) is 1.81. The number of anilines is 2. The van der Waals surface area contributed by atoms with Crippen molar-refractivity contribution in [1.29, 1.82) is 0 Å². The van der Waals surface area contributed by atoms with Gasteiger partial charge in [0.05, 0.1) is 30.8 Å². The number of nitrogens with one attached hydrogen (secondary N) is 2. The molecule has 0 spiro atoms. The van der Waals surface area contributed by atoms with E-state index >= 15 is 0 Å². The highest BCUT2D eigenvalue weighted by atomic mass is 32.2. The number of aliphatic carboxylic acids is 2. The van der Waals surface area contributed by atoms with E-state index in [0.717, 1.165) is 71.3 Å². The number of methoxy groups -OCH3 is 1. The first-order valence-corrected chi connectivity index (χ1v) is 18.2. The van der Waals surface area contributed by atoms with Gasteiger partial charge in [-0.3, -0.25) is 24.1 Å². The van der Waals surface area contributed by atoms with Crippen molar-refractivity contribution in [2.45, 2.75) is 63.4 Å². The summed E-state index contributed by atoms with van der Waals surface area (Å²) in [4.78, 5) is 60.6. The molecule has 3 heterocycles. The molecule has 0 radical (unpaired) electrons. The largest absolute Gasteiger partial charge is 0.496 e. The molecular weight excluding hydrogens is 678 g/mol. The lowest BCUT2D eigenvalue weighted by atomic mass is 10.1. The van der Waals surface area contributed by atoms with Crippen LogP contribution >= 0.6 is 11.8 Å². The lowest BCUT2D eigenvalue weighted by Crippen LogP contribution is -2.49. The number of nitrogens with two attached hydrogens (primary N) is 2. The number of ether oxygens (including phenoxy) is 1. The van der Waals surface area contributed by atoms with Crippen molar-refractivity contribution in [1.82, 2.24) is 29.7 Å². The third-order valence-corrected chi connectivity index (χ3v) is 9.94. The summed E-state index contributed by atoms with van der Waals surface area (Å²) < 4.78 is 7.90. The van der Waals surface area contributed by atoms with Crippen molar-refractivity contribution in [3.8, 4) is 5.75 Å². The van der Waals surface area contributed by atoms with Crippen molar-refractivity contribution >= 4 is 58.3 Å². The molecule has 1 aliphatic rings. The molecule has 0 saturated carbocycles. The van der Waals surface area contributed by atoms with Crippen molar-refractivity contribution in [2.75, 3.05) is 63.2 Å². The highest BCUT2D eigenvalue weighted by Crippen LogP contribution is 2.28. The molecule has 2 atom stereocenters. The summed E-state index contributed by atoms with van der Waals surface area (Å²) in [5.41, 5.74) is 15.2. The number of carbonyl (C=O) groups excluding carboxylic acids is 2. The normalized spacial score (nSPS) is 14.6. The molecule has 8 N–H and O–H groups in total. The summed E-state index contributed by atoms with van der Waals surface area (Å²) in [5.74, 6) is -1.50. The fourth-order valence-corrected chi connectivity index (χ4v) is 6.90. The highest BCUT2D eigenvalue weighted by molar-refractivity contribution is 8.00. The lowest BCUT2D eigenvalue weighted by molar-refractivity contribution is -0.138. The number of carboxylic acid groups (broad SMARTS) is 2. The SMILES string of the molecule is CCCCCNc1nc(N)nc2ccn(Cc3ccc(CN4CCN(C(=O)CCNC(=O)[C@H](CC(=O)O)SC[C@H](N)C(=O)O)CC4)cc3OC)c12. The first-order valence-electron chi connectivity index (χ1n) is 17.1. The number of thioether (sulfide) groups is 1. The van der Waals surface area contributed by atoms with Crippen LogP contribution in [-0.4, -0.2) is 122 Å². The smallest absolute Gasteiger partial charge is 0.321 e. The maximum absolute atomic E-state index is 12.9. The summed E-state index contributed by atoms with van der Waals surface area (Å²) in [5, 5.41) is 23.1. The molecule has 1 aromatic carbocycles. The second-order valence-electron chi connectivity index (χ2n) is 12.5. The van der Waals surface area contributed by atoms with Gasteiger partial charge in [0.1, 0.15) is 17.3 Å². The van der Waals surface area contributed by atoms with Crippen LogP contribution in [0.5, 0.6) is 5.75 Å². The summed E-state index contributed by atoms with van der Waals surface area (Å²) in [6, 6.07) is 6.93. The van der Waals surface area contributed by atoms with Crippen molar-refractivity contribution in [2.24, 2.45) is 5.73 Å². The van der Waals surface area contributed by atoms with E-state index in [1.165, 1.54) is 0 Å². The zero-order chi connectivity index (χ0) is 36.9. The minimum Gasteiger partial charge on any atom is -0.496 e. The Kier molecular flexibility index (Phi) is 14.7. The number of rotatable bonds is 20. The molecule has 1 fully saturated rings. The Hall–Kier alpha value is -4.61. The third-order valence-electron chi connectivity index (χ3n) is 8.61. The van der Waals surface area contributed by atoms with Crippen molar-refractivity contribution < 1.29 is 34.1 Å². The number of piperazine rings is 1. The van der Waals surface area contributed by atoms with E-state index in [1.54, 1.807) is 12.0 Å². The Balaban J connectivity index is 1.27. The first-order chi connectivity index (χ1) is 24.5. The quantitative estimate of drug-likeness (QED) is 0.0912. The maximum Gasteiger partial charge on any atom is 0.321 e. The van der Waals surface area contributed by atoms with Crippen molar-refractivity contribution in [3.05, 3.63) is 41.6 Å². The van der Waals surface area contributed by atoms with Crippen LogP contribution in [0.1, 0.15) is 50.2 Å². The average molecular weight is 728 g/mol. The summed E-state index contributed by atoms with van der Waals surface area (Å²) in [6.45, 7) is 6.68. The third kappa shape index (κ3) is 11.5. The Labute approximate surface area is 301 Å². The van der Waals surface area contributed by atoms with Gasteiger partial charge < -0.3 is 46.5 Å². The number of nitrogens with zero attached hydrogens (tertiary/aromatic N) is 5. The Morgan fingerprint density at radius 2 is 1.80 bits per heavy atom. The molecule has 2 aromatic heterocycles. The fraction of sp³-hybridized carbons (Fsp3) is 0.529. The molecule has 0 aliphatic carbocycles. The summed E-state index contributed by atoms with van der Waals surface area (Å²) in [7, 11) is 1.66. The summed E-state index contributed by atoms with van der Waals surface area (Å²) >= 11 is 0.871. The molecule has 16 nitrogen and oxygen atoms in total. The molecule has 278 valence electrons. The number of unbranched alkanes of at least 4 members (excludes halogenated alkanes) is 2. The lowest BCUT2D eigenvalue weighted by Gasteiger charge is -2.35. The molecular formula is C34H49N9O7S. The number of amides is 2. The molecule has 17 heteroatoms. The Morgan fingerprint density at radius 3 is 2.49 bits per heavy atom. The number of fused-ring (bicyclic) bond motifs is 1. The van der Waals surface area contributed by atoms with E-state index in [-0.39, 0.29) is 30.6 Å². The Morgan fingerprint density at radius 1 is 1.04 bits per heavy atom. The molecule has 2 amide bonds. The topological polar surface area (TPSA) is 231 Å². The van der Waals surface area contributed by atoms with Gasteiger partial charge in [0, 0.05) is 69.7 Å². The molecule has 1 saturated heterocycles. The average Bonchev–Trinajstić information content (AvgIpc) is 3.50. The van der Waals surface area contributed by atoms with Crippen LogP contribution in [-0.2, 0) is 32.3 Å². The maximum atomic E-state index is 12.9. The monoisotopic (exact) mass is 727 g/mol. The van der Waals surface area contributed by atoms with Gasteiger partial charge in [-0.15, -0.1) is 11.8 Å². The minimum atomic E-state index is -1.24. The van der Waals surface area contributed by atoms with Gasteiger partial charge in [-0.1, -0.05) is 31.9 Å². The zero-order valence-electron chi connectivity index (χ0n) is 29.2. The number of aromatic nitrogens is 3. The van der Waals surface area contributed by atoms with Crippen LogP contribution in [0.2, 0.25) is 0 Å². The van der Waals surface area contributed by atoms with Gasteiger partial charge in [-0.25, -0.2) is 4.98 Å². The second kappa shape index (κ2) is 19.1. The van der Waals surface area contributed by atoms with Gasteiger partial charge in [0.25, 0.3) is 0 Å². The van der Waals surface area contributed by atoms with Crippen LogP contribution in [0, 0.1) is 0 Å². The zero-order valence-corrected chi connectivity index (χ0v) is 30.0. The Bertz CT molecular complexity index is 1660. The standard InChI is InChI=1S/C34H49N9O7S/c1-3-4-5-10-37-31-30-25(39-34(36)40-31)9-12-43(30)20-23-7-6-22(17-26(23)50-2)19-41-13-15-42(16-14-41)28(44)8-11-38-32(47)27(18-29(45)46)51-21-24(35)33(48)49/h6-7,9,12,17,24,27H,3-5,8,10-11,13-16,18-21,35H2,1-2H3,(H,38,47)(H,45,46)(H,48,49)(H3,36,37,39,40)/t24-,27-/m0/s1. The van der Waals surface area contributed by atoms with E-state index in [4.69, 9.17) is 26.4 Å². The van der Waals surface area contributed by atoms with Crippen LogP contribution in [0.25, 0.3) is 11.0 Å². The first kappa shape index (κ1) is 39.2. The second-order valence-corrected chi connectivity index (χ2v) is 13.7. The van der Waals surface area contributed by atoms with E-state index in [9.17, 15) is 19.2 Å². The van der Waals surface area contributed by atoms with Crippen LogP contribution in [0.3, 0.4) is 0 Å². The fourth-order valence-electron chi connectivity index (χ4n) is 5.82. The summed E-state index contributed by atoms with van der Waals surface area (Å²) in [6.07, 6.45) is 4.86. The highest BCUT2D eigenvalue weighted by Gasteiger charge is 2.26. The van der Waals surface area contributed by atoms with Crippen LogP contribution in [0.15, 0.2) is 30.5 Å². The molecule has 51 heavy (non-hydrogen) atoms. The number of carboxylic acids is 2. The minimum absolute atomic E-state index is 0.0440. The van der Waals surface area contributed by atoms with Gasteiger partial charge in [-0.2, -0.15) is 4.98 Å². The molecule has 0 unspecified atom stereocenters. The molecule has 0 bridgehead atoms. The van der Waals surface area contributed by atoms with E-state index in [1.807, 2.05) is 18.3 Å². The number of nitrogen functional groups attached to an aromatic ring is 1. The van der Waals surface area contributed by atoms with Crippen molar-refractivity contribution in [3.63, 3.8) is 0 Å². The number of benzene rings is 1. The van der Waals surface area contributed by atoms with Gasteiger partial charge in [0.15, 0.2) is 5.82 Å². The predicted molar refractivity (Wildman–Crippen MR) is 196 cm³/mol. The number of hydrogen-bond acceptors (Lipinski definition) is 12. The van der Waals surface area contributed by atoms with Gasteiger partial charge >= 0.3 is 11.9 Å². The number of carbonyl (C=O) groups is 4. The molecule has 3 aromatic rings. The van der Waals surface area contributed by atoms with Crippen LogP contribution < -0.4 is 26.8 Å². The van der Waals surface area contributed by atoms with E-state index < -0.39 is 35.6 Å². The van der Waals surface area contributed by atoms with E-state index in [0.29, 0.717) is 39.3 Å². The molecule has 4 rings (SSSR count). The van der Waals surface area contributed by atoms with Gasteiger partial charge in [-0.05, 0) is 24.1 Å². The van der Waals surface area contributed by atoms with Gasteiger partial charge in [0.2, 0.25) is 17.8 Å². The van der Waals surface area contributed by atoms with E-state index in [2.05, 4.69) is 49.1 Å².